The van der Waals surface area contributed by atoms with E-state index in [-0.39, 0.29) is 23.9 Å². The third-order valence-electron chi connectivity index (χ3n) is 4.27. The molecular formula is C18H24N2O. The zero-order valence-electron chi connectivity index (χ0n) is 13.2. The molecule has 1 fully saturated rings. The summed E-state index contributed by atoms with van der Waals surface area (Å²) in [6.45, 7) is 6.66. The Balaban J connectivity index is 2.18. The Morgan fingerprint density at radius 1 is 1.24 bits per heavy atom. The van der Waals surface area contributed by atoms with Crippen LogP contribution in [0.1, 0.15) is 62.4 Å². The maximum absolute atomic E-state index is 12.7. The van der Waals surface area contributed by atoms with Crippen LogP contribution in [-0.2, 0) is 5.41 Å². The molecule has 1 amide bonds. The molecule has 112 valence electrons. The Kier molecular flexibility index (Phi) is 4.67. The van der Waals surface area contributed by atoms with E-state index < -0.39 is 0 Å². The molecule has 0 saturated heterocycles. The van der Waals surface area contributed by atoms with Gasteiger partial charge >= 0.3 is 0 Å². The summed E-state index contributed by atoms with van der Waals surface area (Å²) in [5.74, 6) is -0.0103. The summed E-state index contributed by atoms with van der Waals surface area (Å²) < 4.78 is 0. The van der Waals surface area contributed by atoms with E-state index >= 15 is 0 Å². The van der Waals surface area contributed by atoms with E-state index in [1.54, 1.807) is 4.90 Å². The second-order valence-corrected chi connectivity index (χ2v) is 6.86. The SMILES string of the molecule is CC(C)(C)c1ccc(C(=O)N(CC#N)C2CCCC2)cc1. The average molecular weight is 284 g/mol. The lowest BCUT2D eigenvalue weighted by Gasteiger charge is -2.27. The number of rotatable bonds is 3. The summed E-state index contributed by atoms with van der Waals surface area (Å²) in [5, 5.41) is 9.00. The molecule has 1 aliphatic rings. The van der Waals surface area contributed by atoms with E-state index in [1.165, 1.54) is 5.56 Å². The van der Waals surface area contributed by atoms with Gasteiger partial charge in [0.15, 0.2) is 0 Å². The number of hydrogen-bond acceptors (Lipinski definition) is 2. The van der Waals surface area contributed by atoms with Gasteiger partial charge in [-0.1, -0.05) is 45.7 Å². The highest BCUT2D eigenvalue weighted by atomic mass is 16.2. The zero-order valence-corrected chi connectivity index (χ0v) is 13.2. The van der Waals surface area contributed by atoms with Gasteiger partial charge in [-0.2, -0.15) is 5.26 Å². The zero-order chi connectivity index (χ0) is 15.5. The Bertz CT molecular complexity index is 528. The highest BCUT2D eigenvalue weighted by molar-refractivity contribution is 5.94. The van der Waals surface area contributed by atoms with Gasteiger partial charge in [-0.25, -0.2) is 0 Å². The van der Waals surface area contributed by atoms with Crippen LogP contribution >= 0.6 is 0 Å². The summed E-state index contributed by atoms with van der Waals surface area (Å²) in [5.41, 5.74) is 1.98. The highest BCUT2D eigenvalue weighted by Crippen LogP contribution is 2.26. The van der Waals surface area contributed by atoms with Crippen LogP contribution in [0.5, 0.6) is 0 Å². The summed E-state index contributed by atoms with van der Waals surface area (Å²) in [7, 11) is 0. The molecule has 0 heterocycles. The van der Waals surface area contributed by atoms with E-state index in [0.717, 1.165) is 25.7 Å². The first-order valence-corrected chi connectivity index (χ1v) is 7.72. The summed E-state index contributed by atoms with van der Waals surface area (Å²) in [6, 6.07) is 10.2. The molecule has 1 saturated carbocycles. The summed E-state index contributed by atoms with van der Waals surface area (Å²) in [6.07, 6.45) is 4.35. The molecule has 1 aromatic rings. The van der Waals surface area contributed by atoms with E-state index in [4.69, 9.17) is 5.26 Å². The predicted octanol–water partition coefficient (Wildman–Crippen LogP) is 3.89. The second-order valence-electron chi connectivity index (χ2n) is 6.86. The second kappa shape index (κ2) is 6.30. The van der Waals surface area contributed by atoms with Gasteiger partial charge in [0, 0.05) is 11.6 Å². The molecule has 2 rings (SSSR count). The van der Waals surface area contributed by atoms with Crippen LogP contribution in [0.2, 0.25) is 0 Å². The quantitative estimate of drug-likeness (QED) is 0.790. The molecule has 3 heteroatoms. The van der Waals surface area contributed by atoms with Gasteiger partial charge in [0.25, 0.3) is 5.91 Å². The molecule has 1 aliphatic carbocycles. The van der Waals surface area contributed by atoms with Crippen LogP contribution in [0.4, 0.5) is 0 Å². The van der Waals surface area contributed by atoms with Crippen molar-refractivity contribution in [1.82, 2.24) is 4.90 Å². The van der Waals surface area contributed by atoms with E-state index in [0.29, 0.717) is 5.56 Å². The molecular weight excluding hydrogens is 260 g/mol. The van der Waals surface area contributed by atoms with Gasteiger partial charge in [-0.05, 0) is 36.0 Å². The first-order valence-electron chi connectivity index (χ1n) is 7.72. The minimum Gasteiger partial charge on any atom is -0.322 e. The predicted molar refractivity (Wildman–Crippen MR) is 84.0 cm³/mol. The molecule has 3 nitrogen and oxygen atoms in total. The maximum atomic E-state index is 12.7. The van der Waals surface area contributed by atoms with Crippen LogP contribution in [-0.4, -0.2) is 23.4 Å². The molecule has 0 unspecified atom stereocenters. The molecule has 0 bridgehead atoms. The van der Waals surface area contributed by atoms with Crippen LogP contribution in [0.15, 0.2) is 24.3 Å². The number of carbonyl (C=O) groups excluding carboxylic acids is 1. The van der Waals surface area contributed by atoms with Crippen molar-refractivity contribution in [2.24, 2.45) is 0 Å². The van der Waals surface area contributed by atoms with Crippen molar-refractivity contribution >= 4 is 5.91 Å². The monoisotopic (exact) mass is 284 g/mol. The fourth-order valence-corrected chi connectivity index (χ4v) is 2.94. The smallest absolute Gasteiger partial charge is 0.254 e. The van der Waals surface area contributed by atoms with Crippen molar-refractivity contribution in [1.29, 1.82) is 5.26 Å². The van der Waals surface area contributed by atoms with Crippen molar-refractivity contribution < 1.29 is 4.79 Å². The first-order chi connectivity index (χ1) is 9.93. The normalized spacial score (nSPS) is 15.7. The average Bonchev–Trinajstić information content (AvgIpc) is 2.97. The number of amides is 1. The van der Waals surface area contributed by atoms with Crippen LogP contribution in [0.25, 0.3) is 0 Å². The van der Waals surface area contributed by atoms with Crippen LogP contribution < -0.4 is 0 Å². The minimum absolute atomic E-state index is 0.0103. The first kappa shape index (κ1) is 15.6. The Morgan fingerprint density at radius 3 is 2.29 bits per heavy atom. The molecule has 1 aromatic carbocycles. The van der Waals surface area contributed by atoms with E-state index in [9.17, 15) is 4.79 Å². The Hall–Kier alpha value is -1.82. The molecule has 0 atom stereocenters. The van der Waals surface area contributed by atoms with Gasteiger partial charge in [0.1, 0.15) is 6.54 Å². The molecule has 0 aromatic heterocycles. The van der Waals surface area contributed by atoms with Crippen LogP contribution in [0.3, 0.4) is 0 Å². The number of nitrogens with zero attached hydrogens (tertiary/aromatic N) is 2. The summed E-state index contributed by atoms with van der Waals surface area (Å²) in [4.78, 5) is 14.4. The van der Waals surface area contributed by atoms with Gasteiger partial charge < -0.3 is 4.90 Å². The number of carbonyl (C=O) groups is 1. The van der Waals surface area contributed by atoms with Crippen LogP contribution in [0, 0.1) is 11.3 Å². The number of nitriles is 1. The van der Waals surface area contributed by atoms with Gasteiger partial charge in [-0.3, -0.25) is 4.79 Å². The van der Waals surface area contributed by atoms with Crippen molar-refractivity contribution in [2.45, 2.75) is 57.9 Å². The van der Waals surface area contributed by atoms with Gasteiger partial charge in [0.05, 0.1) is 6.07 Å². The van der Waals surface area contributed by atoms with Gasteiger partial charge in [-0.15, -0.1) is 0 Å². The fourth-order valence-electron chi connectivity index (χ4n) is 2.94. The molecule has 0 N–H and O–H groups in total. The van der Waals surface area contributed by atoms with E-state index in [2.05, 4.69) is 26.8 Å². The van der Waals surface area contributed by atoms with Crippen molar-refractivity contribution in [3.05, 3.63) is 35.4 Å². The number of hydrogen-bond donors (Lipinski definition) is 0. The van der Waals surface area contributed by atoms with E-state index in [1.807, 2.05) is 24.3 Å². The third-order valence-corrected chi connectivity index (χ3v) is 4.27. The highest BCUT2D eigenvalue weighted by Gasteiger charge is 2.27. The summed E-state index contributed by atoms with van der Waals surface area (Å²) >= 11 is 0. The third kappa shape index (κ3) is 3.64. The van der Waals surface area contributed by atoms with Crippen molar-refractivity contribution in [2.75, 3.05) is 6.54 Å². The Morgan fingerprint density at radius 2 is 1.81 bits per heavy atom. The lowest BCUT2D eigenvalue weighted by Crippen LogP contribution is -2.39. The largest absolute Gasteiger partial charge is 0.322 e. The lowest BCUT2D eigenvalue weighted by molar-refractivity contribution is 0.0709. The molecule has 0 spiro atoms. The Labute approximate surface area is 127 Å². The van der Waals surface area contributed by atoms with Crippen molar-refractivity contribution in [3.63, 3.8) is 0 Å². The molecule has 21 heavy (non-hydrogen) atoms. The van der Waals surface area contributed by atoms with Crippen molar-refractivity contribution in [3.8, 4) is 6.07 Å². The molecule has 0 aliphatic heterocycles. The minimum atomic E-state index is -0.0103. The maximum Gasteiger partial charge on any atom is 0.254 e. The standard InChI is InChI=1S/C18H24N2O/c1-18(2,3)15-10-8-14(9-11-15)17(21)20(13-12-19)16-6-4-5-7-16/h8-11,16H,4-7,13H2,1-3H3. The van der Waals surface area contributed by atoms with Gasteiger partial charge in [0.2, 0.25) is 0 Å². The lowest BCUT2D eigenvalue weighted by atomic mass is 9.86. The fraction of sp³-hybridized carbons (Fsp3) is 0.556. The topological polar surface area (TPSA) is 44.1 Å². The molecule has 0 radical (unpaired) electrons. The number of benzene rings is 1.